The highest BCUT2D eigenvalue weighted by atomic mass is 32.1. The van der Waals surface area contributed by atoms with Crippen molar-refractivity contribution in [3.8, 4) is 11.6 Å². The lowest BCUT2D eigenvalue weighted by Crippen LogP contribution is -2.46. The fourth-order valence-corrected chi connectivity index (χ4v) is 3.75. The highest BCUT2D eigenvalue weighted by molar-refractivity contribution is 7.59. The van der Waals surface area contributed by atoms with Gasteiger partial charge in [0.05, 0.1) is 5.69 Å². The molecule has 0 bridgehead atoms. The van der Waals surface area contributed by atoms with Crippen LogP contribution in [0, 0.1) is 5.82 Å². The molecule has 7 heteroatoms. The van der Waals surface area contributed by atoms with Crippen LogP contribution in [-0.4, -0.2) is 42.2 Å². The molecule has 2 aliphatic heterocycles. The average Bonchev–Trinajstić information content (AvgIpc) is 2.72. The van der Waals surface area contributed by atoms with Crippen molar-refractivity contribution in [2.45, 2.75) is 45.8 Å². The highest BCUT2D eigenvalue weighted by Gasteiger charge is 2.26. The van der Waals surface area contributed by atoms with E-state index in [0.717, 1.165) is 49.5 Å². The van der Waals surface area contributed by atoms with Crippen LogP contribution in [0.25, 0.3) is 0 Å². The number of benzene rings is 1. The maximum absolute atomic E-state index is 13.0. The Morgan fingerprint density at radius 3 is 2.72 bits per heavy atom. The van der Waals surface area contributed by atoms with Gasteiger partial charge in [-0.05, 0) is 56.1 Å². The van der Waals surface area contributed by atoms with Crippen LogP contribution >= 0.6 is 13.5 Å². The molecule has 0 spiro atoms. The Morgan fingerprint density at radius 2 is 1.93 bits per heavy atom. The summed E-state index contributed by atoms with van der Waals surface area (Å²) in [5.74, 6) is 1.15. The summed E-state index contributed by atoms with van der Waals surface area (Å²) in [6.07, 6.45) is 2.30. The number of hydrogen-bond donors (Lipinski definition) is 1. The minimum Gasteiger partial charge on any atom is -0.484 e. The Labute approximate surface area is 180 Å². The fraction of sp³-hybridized carbons (Fsp3) is 0.500. The van der Waals surface area contributed by atoms with E-state index in [4.69, 9.17) is 9.47 Å². The zero-order valence-electron chi connectivity index (χ0n) is 16.2. The molecule has 2 aromatic rings. The standard InChI is InChI=1S/C21H26FN3O2.CH4.H2S/c1-15(19-8-9-20-21(24-19)27-12-11-26-20)25-10-2-3-18(14-25)23-13-16-4-6-17(22)7-5-16;;/h4-9,15,18,23H,2-3,10-14H2,1H3;1H4;1H2/t15?,18-;;/m0../s1. The topological polar surface area (TPSA) is 46.6 Å². The summed E-state index contributed by atoms with van der Waals surface area (Å²) < 4.78 is 24.2. The maximum atomic E-state index is 13.0. The van der Waals surface area contributed by atoms with Crippen molar-refractivity contribution >= 4 is 13.5 Å². The number of halogens is 1. The van der Waals surface area contributed by atoms with Crippen molar-refractivity contribution in [3.05, 3.63) is 53.5 Å². The first kappa shape index (κ1) is 23.4. The van der Waals surface area contributed by atoms with Crippen molar-refractivity contribution in [1.29, 1.82) is 0 Å². The Bertz CT molecular complexity index is 775. The van der Waals surface area contributed by atoms with Crippen molar-refractivity contribution in [3.63, 3.8) is 0 Å². The molecular formula is C22H32FN3O2S. The molecule has 0 radical (unpaired) electrons. The van der Waals surface area contributed by atoms with Gasteiger partial charge in [-0.3, -0.25) is 4.90 Å². The van der Waals surface area contributed by atoms with Gasteiger partial charge in [0.15, 0.2) is 5.75 Å². The zero-order valence-corrected chi connectivity index (χ0v) is 17.2. The van der Waals surface area contributed by atoms with Crippen LogP contribution in [0.1, 0.15) is 44.5 Å². The van der Waals surface area contributed by atoms with Gasteiger partial charge in [0, 0.05) is 25.2 Å². The molecule has 1 aromatic heterocycles. The lowest BCUT2D eigenvalue weighted by atomic mass is 10.0. The largest absolute Gasteiger partial charge is 0.484 e. The first-order valence-electron chi connectivity index (χ1n) is 9.67. The first-order valence-corrected chi connectivity index (χ1v) is 9.67. The van der Waals surface area contributed by atoms with Crippen LogP contribution in [-0.2, 0) is 6.54 Å². The van der Waals surface area contributed by atoms with Crippen LogP contribution < -0.4 is 14.8 Å². The monoisotopic (exact) mass is 421 g/mol. The zero-order chi connectivity index (χ0) is 18.6. The molecule has 1 saturated heterocycles. The molecule has 5 nitrogen and oxygen atoms in total. The Hall–Kier alpha value is -1.83. The second-order valence-corrected chi connectivity index (χ2v) is 7.25. The van der Waals surface area contributed by atoms with Crippen molar-refractivity contribution in [1.82, 2.24) is 15.2 Å². The summed E-state index contributed by atoms with van der Waals surface area (Å²) in [6, 6.07) is 11.3. The minimum absolute atomic E-state index is 0. The predicted molar refractivity (Wildman–Crippen MR) is 119 cm³/mol. The molecule has 1 aromatic carbocycles. The molecule has 160 valence electrons. The molecule has 3 heterocycles. The van der Waals surface area contributed by atoms with E-state index in [0.29, 0.717) is 25.1 Å². The number of ether oxygens (including phenoxy) is 2. The van der Waals surface area contributed by atoms with Crippen molar-refractivity contribution in [2.75, 3.05) is 26.3 Å². The van der Waals surface area contributed by atoms with E-state index in [1.807, 2.05) is 24.3 Å². The molecule has 29 heavy (non-hydrogen) atoms. The molecule has 2 atom stereocenters. The van der Waals surface area contributed by atoms with E-state index in [-0.39, 0.29) is 32.8 Å². The van der Waals surface area contributed by atoms with Crippen LogP contribution in [0.3, 0.4) is 0 Å². The van der Waals surface area contributed by atoms with Gasteiger partial charge in [0.1, 0.15) is 19.0 Å². The van der Waals surface area contributed by atoms with Crippen LogP contribution in [0.4, 0.5) is 4.39 Å². The van der Waals surface area contributed by atoms with Gasteiger partial charge in [-0.25, -0.2) is 9.37 Å². The molecule has 0 amide bonds. The number of likely N-dealkylation sites (tertiary alicyclic amines) is 1. The number of pyridine rings is 1. The maximum Gasteiger partial charge on any atom is 0.257 e. The van der Waals surface area contributed by atoms with Crippen molar-refractivity contribution < 1.29 is 13.9 Å². The first-order chi connectivity index (χ1) is 13.2. The van der Waals surface area contributed by atoms with Gasteiger partial charge in [-0.15, -0.1) is 0 Å². The van der Waals surface area contributed by atoms with Gasteiger partial charge in [0.25, 0.3) is 5.88 Å². The minimum atomic E-state index is -0.191. The molecule has 1 fully saturated rings. The highest BCUT2D eigenvalue weighted by Crippen LogP contribution is 2.31. The van der Waals surface area contributed by atoms with Gasteiger partial charge < -0.3 is 14.8 Å². The summed E-state index contributed by atoms with van der Waals surface area (Å²) in [4.78, 5) is 7.13. The molecule has 0 saturated carbocycles. The molecular weight excluding hydrogens is 389 g/mol. The van der Waals surface area contributed by atoms with E-state index >= 15 is 0 Å². The molecule has 4 rings (SSSR count). The Kier molecular flexibility index (Phi) is 8.74. The van der Waals surface area contributed by atoms with Crippen LogP contribution in [0.15, 0.2) is 36.4 Å². The number of hydrogen-bond acceptors (Lipinski definition) is 5. The summed E-state index contributed by atoms with van der Waals surface area (Å²) in [6.45, 7) is 6.12. The average molecular weight is 422 g/mol. The summed E-state index contributed by atoms with van der Waals surface area (Å²) in [5, 5.41) is 3.61. The number of nitrogens with zero attached hydrogens (tertiary/aromatic N) is 2. The van der Waals surface area contributed by atoms with E-state index in [2.05, 4.69) is 22.1 Å². The smallest absolute Gasteiger partial charge is 0.257 e. The second-order valence-electron chi connectivity index (χ2n) is 7.25. The van der Waals surface area contributed by atoms with E-state index in [1.165, 1.54) is 12.1 Å². The molecule has 2 aliphatic rings. The van der Waals surface area contributed by atoms with E-state index in [1.54, 1.807) is 0 Å². The normalized spacial score (nSPS) is 19.6. The van der Waals surface area contributed by atoms with Gasteiger partial charge in [0.2, 0.25) is 0 Å². The number of aromatic nitrogens is 1. The number of piperidine rings is 1. The van der Waals surface area contributed by atoms with Gasteiger partial charge in [-0.2, -0.15) is 13.5 Å². The van der Waals surface area contributed by atoms with Crippen molar-refractivity contribution in [2.24, 2.45) is 0 Å². The number of nitrogens with one attached hydrogen (secondary N) is 1. The summed E-state index contributed by atoms with van der Waals surface area (Å²) in [5.41, 5.74) is 2.12. The van der Waals surface area contributed by atoms with E-state index < -0.39 is 0 Å². The number of rotatable bonds is 5. The van der Waals surface area contributed by atoms with Gasteiger partial charge in [-0.1, -0.05) is 19.6 Å². The summed E-state index contributed by atoms with van der Waals surface area (Å²) >= 11 is 0. The molecule has 0 aliphatic carbocycles. The lowest BCUT2D eigenvalue weighted by Gasteiger charge is -2.37. The Morgan fingerprint density at radius 1 is 1.17 bits per heavy atom. The van der Waals surface area contributed by atoms with Crippen LogP contribution in [0.5, 0.6) is 11.6 Å². The van der Waals surface area contributed by atoms with E-state index in [9.17, 15) is 4.39 Å². The SMILES string of the molecule is C.CC(c1ccc2c(n1)OCCO2)N1CCC[C@H](NCc2ccc(F)cc2)C1.S. The second kappa shape index (κ2) is 10.8. The van der Waals surface area contributed by atoms with Crippen LogP contribution in [0.2, 0.25) is 0 Å². The third-order valence-corrected chi connectivity index (χ3v) is 5.36. The molecule has 1 N–H and O–H groups in total. The summed E-state index contributed by atoms with van der Waals surface area (Å²) in [7, 11) is 0. The lowest BCUT2D eigenvalue weighted by molar-refractivity contribution is 0.138. The third kappa shape index (κ3) is 5.84. The molecule has 1 unspecified atom stereocenters. The fourth-order valence-electron chi connectivity index (χ4n) is 3.75. The number of fused-ring (bicyclic) bond motifs is 1. The quantitative estimate of drug-likeness (QED) is 0.789. The third-order valence-electron chi connectivity index (χ3n) is 5.36. The predicted octanol–water partition coefficient (Wildman–Crippen LogP) is 4.06. The Balaban J connectivity index is 0.00000150. The van der Waals surface area contributed by atoms with Gasteiger partial charge >= 0.3 is 0 Å².